The Balaban J connectivity index is 1.52. The number of pyridine rings is 1. The number of nitrogens with one attached hydrogen (secondary N) is 2. The number of anilines is 2. The number of hydrogen-bond donors (Lipinski definition) is 1. The maximum atomic E-state index is 6.19. The number of aromatic nitrogens is 1. The minimum Gasteiger partial charge on any atom is -0.497 e. The fraction of sp³-hybridized carbons (Fsp3) is 0.125. The molecule has 4 nitrogen and oxygen atoms in total. The number of H-pyrrole nitrogens is 1. The molecule has 0 radical (unpaired) electrons. The Bertz CT molecular complexity index is 1140. The van der Waals surface area contributed by atoms with E-state index in [1.807, 2.05) is 73.7 Å². The lowest BCUT2D eigenvalue weighted by Gasteiger charge is -2.11. The molecule has 0 spiro atoms. The van der Waals surface area contributed by atoms with Crippen molar-refractivity contribution in [3.05, 3.63) is 89.1 Å². The zero-order valence-electron chi connectivity index (χ0n) is 16.3. The van der Waals surface area contributed by atoms with Crippen molar-refractivity contribution in [2.75, 3.05) is 12.4 Å². The second kappa shape index (κ2) is 8.41. The van der Waals surface area contributed by atoms with Gasteiger partial charge in [0.05, 0.1) is 18.2 Å². The van der Waals surface area contributed by atoms with Crippen LogP contribution in [0.15, 0.2) is 72.8 Å². The summed E-state index contributed by atoms with van der Waals surface area (Å²) in [6, 6.07) is 23.7. The van der Waals surface area contributed by atoms with Gasteiger partial charge in [0.2, 0.25) is 5.52 Å². The zero-order chi connectivity index (χ0) is 20.2. The van der Waals surface area contributed by atoms with E-state index < -0.39 is 0 Å². The van der Waals surface area contributed by atoms with Crippen LogP contribution in [0, 0.1) is 6.92 Å². The van der Waals surface area contributed by atoms with Gasteiger partial charge >= 0.3 is 0 Å². The van der Waals surface area contributed by atoms with Gasteiger partial charge in [0.25, 0.3) is 0 Å². The Morgan fingerprint density at radius 2 is 1.69 bits per heavy atom. The summed E-state index contributed by atoms with van der Waals surface area (Å²) in [4.78, 5) is 3.39. The molecule has 4 aromatic rings. The number of aryl methyl sites for hydroxylation is 1. The van der Waals surface area contributed by atoms with E-state index in [2.05, 4.69) is 16.4 Å². The summed E-state index contributed by atoms with van der Waals surface area (Å²) >= 11 is 6.19. The van der Waals surface area contributed by atoms with Gasteiger partial charge in [0.15, 0.2) is 5.69 Å². The monoisotopic (exact) mass is 405 g/mol. The molecule has 0 fully saturated rings. The van der Waals surface area contributed by atoms with Gasteiger partial charge in [0.1, 0.15) is 18.1 Å². The van der Waals surface area contributed by atoms with Crippen LogP contribution in [-0.4, -0.2) is 7.11 Å². The third-order valence-corrected chi connectivity index (χ3v) is 5.06. The highest BCUT2D eigenvalue weighted by Crippen LogP contribution is 2.29. The van der Waals surface area contributed by atoms with Gasteiger partial charge < -0.3 is 14.8 Å². The third-order valence-electron chi connectivity index (χ3n) is 4.70. The molecule has 146 valence electrons. The molecule has 1 heterocycles. The summed E-state index contributed by atoms with van der Waals surface area (Å²) in [7, 11) is 1.67. The van der Waals surface area contributed by atoms with E-state index in [0.717, 1.165) is 45.0 Å². The van der Waals surface area contributed by atoms with Crippen molar-refractivity contribution in [3.8, 4) is 11.5 Å². The van der Waals surface area contributed by atoms with Gasteiger partial charge in [-0.1, -0.05) is 29.8 Å². The SMILES string of the molecule is COc1ccc2[nH+]c(C)cc(Nc3ccc(OCc4ccccc4Cl)cc3)c2c1. The molecule has 0 saturated carbocycles. The fourth-order valence-corrected chi connectivity index (χ4v) is 3.39. The van der Waals surface area contributed by atoms with Gasteiger partial charge in [-0.25, -0.2) is 4.98 Å². The van der Waals surface area contributed by atoms with Crippen molar-refractivity contribution in [2.45, 2.75) is 13.5 Å². The first kappa shape index (κ1) is 19.1. The van der Waals surface area contributed by atoms with Crippen molar-refractivity contribution in [1.29, 1.82) is 0 Å². The third kappa shape index (κ3) is 4.44. The summed E-state index contributed by atoms with van der Waals surface area (Å²) in [6.45, 7) is 2.48. The highest BCUT2D eigenvalue weighted by molar-refractivity contribution is 6.31. The van der Waals surface area contributed by atoms with Crippen molar-refractivity contribution in [1.82, 2.24) is 0 Å². The average Bonchev–Trinajstić information content (AvgIpc) is 2.74. The molecule has 0 amide bonds. The Morgan fingerprint density at radius 3 is 2.45 bits per heavy atom. The van der Waals surface area contributed by atoms with Crippen molar-refractivity contribution < 1.29 is 14.5 Å². The lowest BCUT2D eigenvalue weighted by molar-refractivity contribution is -0.354. The molecule has 0 aliphatic rings. The summed E-state index contributed by atoms with van der Waals surface area (Å²) in [5.41, 5.74) is 5.08. The van der Waals surface area contributed by atoms with Gasteiger partial charge in [-0.15, -0.1) is 0 Å². The predicted molar refractivity (Wildman–Crippen MR) is 117 cm³/mol. The molecule has 0 saturated heterocycles. The predicted octanol–water partition coefficient (Wildman–Crippen LogP) is 5.95. The largest absolute Gasteiger partial charge is 0.497 e. The topological polar surface area (TPSA) is 44.6 Å². The smallest absolute Gasteiger partial charge is 0.213 e. The number of hydrogen-bond acceptors (Lipinski definition) is 3. The minimum atomic E-state index is 0.435. The number of methoxy groups -OCH3 is 1. The Hall–Kier alpha value is -3.24. The van der Waals surface area contributed by atoms with Crippen LogP contribution in [0.4, 0.5) is 11.4 Å². The first-order valence-corrected chi connectivity index (χ1v) is 9.74. The molecule has 0 bridgehead atoms. The average molecular weight is 406 g/mol. The molecular weight excluding hydrogens is 384 g/mol. The van der Waals surface area contributed by atoms with Crippen LogP contribution >= 0.6 is 11.6 Å². The van der Waals surface area contributed by atoms with E-state index in [1.54, 1.807) is 7.11 Å². The van der Waals surface area contributed by atoms with E-state index in [0.29, 0.717) is 11.6 Å². The van der Waals surface area contributed by atoms with Gasteiger partial charge in [-0.2, -0.15) is 0 Å². The molecule has 0 unspecified atom stereocenters. The summed E-state index contributed by atoms with van der Waals surface area (Å²) in [5.74, 6) is 1.61. The number of halogens is 1. The number of rotatable bonds is 6. The molecule has 29 heavy (non-hydrogen) atoms. The molecule has 2 N–H and O–H groups in total. The van der Waals surface area contributed by atoms with Crippen LogP contribution in [0.5, 0.6) is 11.5 Å². The number of benzene rings is 3. The zero-order valence-corrected chi connectivity index (χ0v) is 17.1. The Labute approximate surface area is 175 Å². The minimum absolute atomic E-state index is 0.435. The van der Waals surface area contributed by atoms with Crippen LogP contribution in [0.1, 0.15) is 11.3 Å². The highest BCUT2D eigenvalue weighted by Gasteiger charge is 2.11. The normalized spacial score (nSPS) is 10.7. The summed E-state index contributed by atoms with van der Waals surface area (Å²) in [6.07, 6.45) is 0. The highest BCUT2D eigenvalue weighted by atomic mass is 35.5. The van der Waals surface area contributed by atoms with E-state index in [9.17, 15) is 0 Å². The van der Waals surface area contributed by atoms with E-state index in [4.69, 9.17) is 21.1 Å². The van der Waals surface area contributed by atoms with Gasteiger partial charge in [-0.05, 0) is 42.5 Å². The Morgan fingerprint density at radius 1 is 0.931 bits per heavy atom. The van der Waals surface area contributed by atoms with Gasteiger partial charge in [-0.3, -0.25) is 0 Å². The van der Waals surface area contributed by atoms with Gasteiger partial charge in [0, 0.05) is 35.3 Å². The lowest BCUT2D eigenvalue weighted by Crippen LogP contribution is -2.10. The molecule has 5 heteroatoms. The van der Waals surface area contributed by atoms with Crippen molar-refractivity contribution in [2.24, 2.45) is 0 Å². The Kier molecular flexibility index (Phi) is 5.54. The standard InChI is InChI=1S/C24H21ClN2O2/c1-16-13-24(21-14-20(28-2)11-12-23(21)26-16)27-18-7-9-19(10-8-18)29-15-17-5-3-4-6-22(17)25/h3-14H,15H2,1-2H3,(H,26,27)/p+1. The van der Waals surface area contributed by atoms with Crippen LogP contribution in [0.25, 0.3) is 10.9 Å². The molecule has 0 aliphatic heterocycles. The van der Waals surface area contributed by atoms with Crippen molar-refractivity contribution in [3.63, 3.8) is 0 Å². The summed E-state index contributed by atoms with van der Waals surface area (Å²) < 4.78 is 11.2. The van der Waals surface area contributed by atoms with E-state index >= 15 is 0 Å². The molecule has 1 aromatic heterocycles. The first-order valence-electron chi connectivity index (χ1n) is 9.36. The number of aromatic amines is 1. The van der Waals surface area contributed by atoms with Crippen LogP contribution in [0.3, 0.4) is 0 Å². The molecule has 3 aromatic carbocycles. The molecule has 0 aliphatic carbocycles. The molecular formula is C24H22ClN2O2+. The maximum Gasteiger partial charge on any atom is 0.213 e. The quantitative estimate of drug-likeness (QED) is 0.431. The molecule has 0 atom stereocenters. The van der Waals surface area contributed by atoms with E-state index in [1.165, 1.54) is 0 Å². The molecule has 4 rings (SSSR count). The van der Waals surface area contributed by atoms with Crippen LogP contribution < -0.4 is 19.8 Å². The first-order chi connectivity index (χ1) is 14.1. The summed E-state index contributed by atoms with van der Waals surface area (Å²) in [5, 5.41) is 5.27. The van der Waals surface area contributed by atoms with Crippen molar-refractivity contribution >= 4 is 33.9 Å². The van der Waals surface area contributed by atoms with Crippen LogP contribution in [0.2, 0.25) is 5.02 Å². The number of ether oxygens (including phenoxy) is 2. The van der Waals surface area contributed by atoms with E-state index in [-0.39, 0.29) is 0 Å². The number of fused-ring (bicyclic) bond motifs is 1. The maximum absolute atomic E-state index is 6.19. The fourth-order valence-electron chi connectivity index (χ4n) is 3.19. The second-order valence-corrected chi connectivity index (χ2v) is 7.21. The van der Waals surface area contributed by atoms with Crippen LogP contribution in [-0.2, 0) is 6.61 Å². The second-order valence-electron chi connectivity index (χ2n) is 6.81. The lowest BCUT2D eigenvalue weighted by atomic mass is 10.1.